The summed E-state index contributed by atoms with van der Waals surface area (Å²) in [6.07, 6.45) is -0.413. The molecule has 20 heavy (non-hydrogen) atoms. The summed E-state index contributed by atoms with van der Waals surface area (Å²) in [5.74, 6) is -0.282. The minimum Gasteiger partial charge on any atom is -0.387 e. The summed E-state index contributed by atoms with van der Waals surface area (Å²) < 4.78 is 31.0. The standard InChI is InChI=1S/C13H20INO4S/c1-13(2,15-7-4-8-20(17,18)19)12(16)10-5-3-6-11(14)9-10/h3,5-6,9,12,15-16H,4,7-8H2,1-2H3,(H,17,18,19). The predicted molar refractivity (Wildman–Crippen MR) is 87.2 cm³/mol. The molecule has 0 heterocycles. The molecule has 0 aliphatic carbocycles. The third-order valence-electron chi connectivity index (χ3n) is 3.01. The summed E-state index contributed by atoms with van der Waals surface area (Å²) in [6, 6.07) is 7.60. The highest BCUT2D eigenvalue weighted by Gasteiger charge is 2.28. The zero-order valence-corrected chi connectivity index (χ0v) is 14.5. The first-order valence-electron chi connectivity index (χ1n) is 6.25. The number of rotatable bonds is 7. The fraction of sp³-hybridized carbons (Fsp3) is 0.538. The van der Waals surface area contributed by atoms with Crippen LogP contribution in [0.25, 0.3) is 0 Å². The van der Waals surface area contributed by atoms with Gasteiger partial charge in [-0.25, -0.2) is 0 Å². The zero-order valence-electron chi connectivity index (χ0n) is 11.5. The van der Waals surface area contributed by atoms with Gasteiger partial charge >= 0.3 is 0 Å². The molecule has 1 rings (SSSR count). The molecular formula is C13H20INO4S. The van der Waals surface area contributed by atoms with E-state index in [1.54, 1.807) is 0 Å². The Hall–Kier alpha value is -0.220. The van der Waals surface area contributed by atoms with Crippen LogP contribution in [0.15, 0.2) is 24.3 Å². The van der Waals surface area contributed by atoms with Gasteiger partial charge in [-0.3, -0.25) is 4.55 Å². The van der Waals surface area contributed by atoms with E-state index in [9.17, 15) is 13.5 Å². The number of aliphatic hydroxyl groups excluding tert-OH is 1. The number of halogens is 1. The van der Waals surface area contributed by atoms with Crippen LogP contribution in [0.3, 0.4) is 0 Å². The topological polar surface area (TPSA) is 86.6 Å². The Labute approximate surface area is 133 Å². The molecule has 114 valence electrons. The Bertz CT molecular complexity index is 545. The van der Waals surface area contributed by atoms with Crippen molar-refractivity contribution in [2.24, 2.45) is 0 Å². The molecule has 0 saturated carbocycles. The lowest BCUT2D eigenvalue weighted by Crippen LogP contribution is -2.45. The van der Waals surface area contributed by atoms with Crippen molar-refractivity contribution in [3.63, 3.8) is 0 Å². The van der Waals surface area contributed by atoms with Crippen molar-refractivity contribution in [2.75, 3.05) is 12.3 Å². The maximum Gasteiger partial charge on any atom is 0.264 e. The number of nitrogens with one attached hydrogen (secondary N) is 1. The van der Waals surface area contributed by atoms with Crippen LogP contribution in [-0.4, -0.2) is 35.9 Å². The molecule has 0 aliphatic heterocycles. The van der Waals surface area contributed by atoms with Gasteiger partial charge in [-0.05, 0) is 67.1 Å². The summed E-state index contributed by atoms with van der Waals surface area (Å²) in [5.41, 5.74) is 0.216. The van der Waals surface area contributed by atoms with Gasteiger partial charge in [0.2, 0.25) is 0 Å². The number of hydrogen-bond acceptors (Lipinski definition) is 4. The second-order valence-electron chi connectivity index (χ2n) is 5.25. The van der Waals surface area contributed by atoms with E-state index in [-0.39, 0.29) is 5.75 Å². The lowest BCUT2D eigenvalue weighted by atomic mass is 9.91. The van der Waals surface area contributed by atoms with Crippen LogP contribution in [0, 0.1) is 3.57 Å². The van der Waals surface area contributed by atoms with E-state index in [1.165, 1.54) is 0 Å². The second kappa shape index (κ2) is 7.17. The Morgan fingerprint density at radius 1 is 1.40 bits per heavy atom. The molecule has 0 amide bonds. The van der Waals surface area contributed by atoms with Gasteiger partial charge in [0.15, 0.2) is 0 Å². The van der Waals surface area contributed by atoms with Crippen LogP contribution in [0.1, 0.15) is 31.9 Å². The van der Waals surface area contributed by atoms with Crippen LogP contribution in [0.2, 0.25) is 0 Å². The van der Waals surface area contributed by atoms with Crippen LogP contribution in [0.5, 0.6) is 0 Å². The highest BCUT2D eigenvalue weighted by molar-refractivity contribution is 14.1. The van der Waals surface area contributed by atoms with E-state index in [0.717, 1.165) is 9.13 Å². The summed E-state index contributed by atoms with van der Waals surface area (Å²) in [7, 11) is -3.92. The first-order valence-corrected chi connectivity index (χ1v) is 8.94. The number of aliphatic hydroxyl groups is 1. The predicted octanol–water partition coefficient (Wildman–Crippen LogP) is 1.97. The molecule has 5 nitrogen and oxygen atoms in total. The van der Waals surface area contributed by atoms with Gasteiger partial charge in [0.1, 0.15) is 0 Å². The molecule has 1 aromatic carbocycles. The van der Waals surface area contributed by atoms with Gasteiger partial charge in [-0.15, -0.1) is 0 Å². The maximum atomic E-state index is 10.6. The maximum absolute atomic E-state index is 10.6. The molecule has 0 fully saturated rings. The van der Waals surface area contributed by atoms with Gasteiger partial charge in [0.05, 0.1) is 11.9 Å². The summed E-state index contributed by atoms with van der Waals surface area (Å²) >= 11 is 2.18. The third kappa shape index (κ3) is 6.04. The monoisotopic (exact) mass is 413 g/mol. The Kier molecular flexibility index (Phi) is 6.39. The average molecular weight is 413 g/mol. The fourth-order valence-electron chi connectivity index (χ4n) is 1.86. The lowest BCUT2D eigenvalue weighted by molar-refractivity contribution is 0.0805. The second-order valence-corrected chi connectivity index (χ2v) is 8.06. The molecule has 1 unspecified atom stereocenters. The first kappa shape index (κ1) is 17.8. The van der Waals surface area contributed by atoms with Gasteiger partial charge in [0, 0.05) is 9.11 Å². The van der Waals surface area contributed by atoms with Gasteiger partial charge in [0.25, 0.3) is 10.1 Å². The van der Waals surface area contributed by atoms with Crippen molar-refractivity contribution in [3.05, 3.63) is 33.4 Å². The largest absolute Gasteiger partial charge is 0.387 e. The van der Waals surface area contributed by atoms with Crippen molar-refractivity contribution >= 4 is 32.7 Å². The normalized spacial score (nSPS) is 14.2. The molecule has 0 spiro atoms. The summed E-state index contributed by atoms with van der Waals surface area (Å²) in [5, 5.41) is 13.5. The minimum atomic E-state index is -3.92. The summed E-state index contributed by atoms with van der Waals surface area (Å²) in [6.45, 7) is 4.10. The first-order chi connectivity index (χ1) is 9.12. The Morgan fingerprint density at radius 2 is 2.05 bits per heavy atom. The highest BCUT2D eigenvalue weighted by atomic mass is 127. The SMILES string of the molecule is CC(C)(NCCCS(=O)(=O)O)C(O)c1cccc(I)c1. The molecule has 1 atom stereocenters. The fourth-order valence-corrected chi connectivity index (χ4v) is 2.93. The molecule has 0 bridgehead atoms. The highest BCUT2D eigenvalue weighted by Crippen LogP contribution is 2.26. The molecule has 0 aromatic heterocycles. The molecule has 1 aromatic rings. The number of benzene rings is 1. The van der Waals surface area contributed by atoms with Crippen molar-refractivity contribution in [1.29, 1.82) is 0 Å². The number of hydrogen-bond donors (Lipinski definition) is 3. The van der Waals surface area contributed by atoms with Gasteiger partial charge < -0.3 is 10.4 Å². The molecule has 0 radical (unpaired) electrons. The molecule has 0 saturated heterocycles. The van der Waals surface area contributed by atoms with Crippen LogP contribution in [0.4, 0.5) is 0 Å². The van der Waals surface area contributed by atoms with E-state index >= 15 is 0 Å². The van der Waals surface area contributed by atoms with E-state index in [1.807, 2.05) is 38.1 Å². The van der Waals surface area contributed by atoms with Crippen LogP contribution < -0.4 is 5.32 Å². The third-order valence-corrected chi connectivity index (χ3v) is 4.48. The minimum absolute atomic E-state index is 0.282. The molecule has 0 aliphatic rings. The summed E-state index contributed by atoms with van der Waals surface area (Å²) in [4.78, 5) is 0. The molecular weight excluding hydrogens is 393 g/mol. The zero-order chi connectivity index (χ0) is 15.4. The van der Waals surface area contributed by atoms with Crippen molar-refractivity contribution < 1.29 is 18.1 Å². The lowest BCUT2D eigenvalue weighted by Gasteiger charge is -2.32. The Morgan fingerprint density at radius 3 is 2.60 bits per heavy atom. The smallest absolute Gasteiger partial charge is 0.264 e. The van der Waals surface area contributed by atoms with E-state index in [0.29, 0.717) is 13.0 Å². The quantitative estimate of drug-likeness (QED) is 0.362. The molecule has 7 heteroatoms. The van der Waals surface area contributed by atoms with Crippen molar-refractivity contribution in [2.45, 2.75) is 31.9 Å². The van der Waals surface area contributed by atoms with E-state index in [2.05, 4.69) is 27.9 Å². The average Bonchev–Trinajstić information content (AvgIpc) is 2.32. The Balaban J connectivity index is 2.59. The van der Waals surface area contributed by atoms with E-state index < -0.39 is 21.8 Å². The van der Waals surface area contributed by atoms with Gasteiger partial charge in [-0.2, -0.15) is 8.42 Å². The van der Waals surface area contributed by atoms with Gasteiger partial charge in [-0.1, -0.05) is 12.1 Å². The van der Waals surface area contributed by atoms with E-state index in [4.69, 9.17) is 4.55 Å². The van der Waals surface area contributed by atoms with Crippen LogP contribution in [-0.2, 0) is 10.1 Å². The van der Waals surface area contributed by atoms with Crippen molar-refractivity contribution in [1.82, 2.24) is 5.32 Å². The van der Waals surface area contributed by atoms with Crippen molar-refractivity contribution in [3.8, 4) is 0 Å². The molecule has 3 N–H and O–H groups in total. The van der Waals surface area contributed by atoms with Crippen LogP contribution >= 0.6 is 22.6 Å².